The van der Waals surface area contributed by atoms with Gasteiger partial charge in [-0.25, -0.2) is 14.0 Å². The minimum Gasteiger partial charge on any atom is -0.478 e. The maximum atomic E-state index is 12.9. The molecule has 118 valence electrons. The van der Waals surface area contributed by atoms with Crippen molar-refractivity contribution in [3.8, 4) is 0 Å². The van der Waals surface area contributed by atoms with Gasteiger partial charge in [-0.3, -0.25) is 0 Å². The maximum Gasteiger partial charge on any atom is 0.348 e. The van der Waals surface area contributed by atoms with Crippen LogP contribution >= 0.6 is 0 Å². The normalized spacial score (nSPS) is 33.5. The van der Waals surface area contributed by atoms with Crippen molar-refractivity contribution in [1.29, 1.82) is 0 Å². The Morgan fingerprint density at radius 1 is 1.23 bits per heavy atom. The van der Waals surface area contributed by atoms with E-state index < -0.39 is 23.4 Å². The predicted octanol–water partition coefficient (Wildman–Crippen LogP) is 0.645. The molecule has 2 heterocycles. The second-order valence-electron chi connectivity index (χ2n) is 6.32. The molecule has 0 aliphatic carbocycles. The van der Waals surface area contributed by atoms with E-state index in [0.29, 0.717) is 12.8 Å². The van der Waals surface area contributed by atoms with Gasteiger partial charge in [0, 0.05) is 12.8 Å². The number of carboxylic acids is 1. The van der Waals surface area contributed by atoms with Gasteiger partial charge < -0.3 is 14.7 Å². The van der Waals surface area contributed by atoms with Crippen molar-refractivity contribution >= 4 is 11.9 Å². The molecule has 0 spiro atoms. The first kappa shape index (κ1) is 15.0. The number of carbonyl (C=O) groups is 2. The molecule has 0 radical (unpaired) electrons. The minimum atomic E-state index is -1.46. The second kappa shape index (κ2) is 5.35. The first-order valence-corrected chi connectivity index (χ1v) is 7.47. The van der Waals surface area contributed by atoms with E-state index >= 15 is 0 Å². The van der Waals surface area contributed by atoms with Crippen molar-refractivity contribution in [3.05, 3.63) is 35.6 Å². The van der Waals surface area contributed by atoms with Crippen LogP contribution in [0.15, 0.2) is 24.3 Å². The van der Waals surface area contributed by atoms with Gasteiger partial charge in [-0.1, -0.05) is 0 Å². The highest BCUT2D eigenvalue weighted by atomic mass is 19.1. The summed E-state index contributed by atoms with van der Waals surface area (Å²) in [5, 5.41) is 9.63. The zero-order valence-corrected chi connectivity index (χ0v) is 12.3. The number of piperidine rings is 1. The molecule has 3 rings (SSSR count). The van der Waals surface area contributed by atoms with Crippen molar-refractivity contribution in [2.45, 2.75) is 43.4 Å². The van der Waals surface area contributed by atoms with Crippen LogP contribution in [0.25, 0.3) is 0 Å². The fourth-order valence-corrected chi connectivity index (χ4v) is 3.72. The van der Waals surface area contributed by atoms with E-state index in [9.17, 15) is 19.1 Å². The summed E-state index contributed by atoms with van der Waals surface area (Å²) in [5.74, 6) is -2.25. The van der Waals surface area contributed by atoms with Gasteiger partial charge in [0.25, 0.3) is 0 Å². The number of aliphatic carboxylic acids is 1. The fourth-order valence-electron chi connectivity index (χ4n) is 3.72. The van der Waals surface area contributed by atoms with Gasteiger partial charge in [0.15, 0.2) is 0 Å². The van der Waals surface area contributed by atoms with E-state index in [4.69, 9.17) is 4.74 Å². The Bertz CT molecular complexity index is 587. The number of esters is 1. The lowest BCUT2D eigenvalue weighted by Gasteiger charge is -2.39. The summed E-state index contributed by atoms with van der Waals surface area (Å²) < 4.78 is 18.3. The van der Waals surface area contributed by atoms with Crippen LogP contribution in [-0.2, 0) is 9.53 Å². The number of fused-ring (bicyclic) bond motifs is 2. The van der Waals surface area contributed by atoms with Crippen molar-refractivity contribution in [2.24, 2.45) is 0 Å². The summed E-state index contributed by atoms with van der Waals surface area (Å²) in [6, 6.07) is 5.34. The maximum absolute atomic E-state index is 12.9. The molecule has 4 atom stereocenters. The zero-order valence-electron chi connectivity index (χ0n) is 12.3. The van der Waals surface area contributed by atoms with Crippen molar-refractivity contribution < 1.29 is 28.7 Å². The molecule has 2 fully saturated rings. The summed E-state index contributed by atoms with van der Waals surface area (Å²) >= 11 is 0. The lowest BCUT2D eigenvalue weighted by Crippen LogP contribution is -3.16. The second-order valence-corrected chi connectivity index (χ2v) is 6.32. The van der Waals surface area contributed by atoms with Crippen LogP contribution in [0.4, 0.5) is 4.39 Å². The predicted molar refractivity (Wildman–Crippen MR) is 75.1 cm³/mol. The minimum absolute atomic E-state index is 0.167. The Morgan fingerprint density at radius 3 is 2.27 bits per heavy atom. The molecule has 2 N–H and O–H groups in total. The fraction of sp³-hybridized carbons (Fsp3) is 0.500. The van der Waals surface area contributed by atoms with E-state index in [2.05, 4.69) is 7.05 Å². The Hall–Kier alpha value is -1.95. The largest absolute Gasteiger partial charge is 0.478 e. The van der Waals surface area contributed by atoms with Gasteiger partial charge in [-0.2, -0.15) is 0 Å². The summed E-state index contributed by atoms with van der Waals surface area (Å²) in [7, 11) is 2.07. The number of carboxylic acid groups (broad SMARTS) is 1. The molecule has 0 amide bonds. The molecule has 0 aromatic heterocycles. The smallest absolute Gasteiger partial charge is 0.348 e. The molecular formula is C16H19FNO4+. The molecule has 5 nitrogen and oxygen atoms in total. The molecule has 2 bridgehead atoms. The molecule has 1 aromatic rings. The van der Waals surface area contributed by atoms with E-state index in [0.717, 1.165) is 25.0 Å². The van der Waals surface area contributed by atoms with Crippen molar-refractivity contribution in [2.75, 3.05) is 7.05 Å². The summed E-state index contributed by atoms with van der Waals surface area (Å²) in [5.41, 5.74) is -1.29. The summed E-state index contributed by atoms with van der Waals surface area (Å²) in [6.45, 7) is 0. The number of rotatable bonds is 3. The van der Waals surface area contributed by atoms with Crippen LogP contribution in [0, 0.1) is 5.82 Å². The molecule has 2 saturated heterocycles. The third kappa shape index (κ3) is 2.47. The highest BCUT2D eigenvalue weighted by molar-refractivity contribution is 5.92. The third-order valence-electron chi connectivity index (χ3n) is 5.06. The van der Waals surface area contributed by atoms with E-state index in [-0.39, 0.29) is 17.6 Å². The zero-order chi connectivity index (χ0) is 15.9. The lowest BCUT2D eigenvalue weighted by molar-refractivity contribution is -0.924. The number of benzene rings is 1. The van der Waals surface area contributed by atoms with E-state index in [1.165, 1.54) is 17.0 Å². The average molecular weight is 308 g/mol. The number of ether oxygens (including phenoxy) is 1. The topological polar surface area (TPSA) is 68.0 Å². The SMILES string of the molecule is C[NH+]1[C@@H]2CC[C@H]1CC(OC(=O)c1ccc(F)cc1)(C(=O)O)C2. The Kier molecular flexibility index (Phi) is 3.64. The van der Waals surface area contributed by atoms with Crippen LogP contribution in [0.2, 0.25) is 0 Å². The monoisotopic (exact) mass is 308 g/mol. The van der Waals surface area contributed by atoms with E-state index in [1.807, 2.05) is 0 Å². The Morgan fingerprint density at radius 2 is 1.77 bits per heavy atom. The van der Waals surface area contributed by atoms with Crippen LogP contribution in [0.3, 0.4) is 0 Å². The standard InChI is InChI=1S/C16H18FNO4/c1-18-12-6-7-13(18)9-16(8-12,15(20)21)22-14(19)10-2-4-11(17)5-3-10/h2-5,12-13H,6-9H2,1H3,(H,20,21)/p+1/t12-,13+,16?. The number of quaternary nitrogens is 1. The quantitative estimate of drug-likeness (QED) is 0.805. The highest BCUT2D eigenvalue weighted by Gasteiger charge is 2.56. The molecule has 22 heavy (non-hydrogen) atoms. The lowest BCUT2D eigenvalue weighted by atomic mass is 9.86. The molecule has 2 aliphatic rings. The number of carbonyl (C=O) groups excluding carboxylic acids is 1. The summed E-state index contributed by atoms with van der Waals surface area (Å²) in [6.07, 6.45) is 2.58. The average Bonchev–Trinajstić information content (AvgIpc) is 2.71. The van der Waals surface area contributed by atoms with Gasteiger partial charge in [0.05, 0.1) is 37.5 Å². The molecule has 6 heteroatoms. The Labute approximate surface area is 127 Å². The third-order valence-corrected chi connectivity index (χ3v) is 5.06. The van der Waals surface area contributed by atoms with Crippen molar-refractivity contribution in [1.82, 2.24) is 0 Å². The van der Waals surface area contributed by atoms with Gasteiger partial charge in [0.2, 0.25) is 5.60 Å². The Balaban J connectivity index is 1.82. The van der Waals surface area contributed by atoms with Gasteiger partial charge in [-0.05, 0) is 24.3 Å². The van der Waals surface area contributed by atoms with Crippen LogP contribution in [0.1, 0.15) is 36.0 Å². The molecule has 0 saturated carbocycles. The van der Waals surface area contributed by atoms with Crippen LogP contribution in [-0.4, -0.2) is 41.8 Å². The van der Waals surface area contributed by atoms with Crippen LogP contribution in [0.5, 0.6) is 0 Å². The number of hydrogen-bond acceptors (Lipinski definition) is 3. The van der Waals surface area contributed by atoms with Gasteiger partial charge >= 0.3 is 11.9 Å². The van der Waals surface area contributed by atoms with Crippen LogP contribution < -0.4 is 4.90 Å². The molecule has 2 unspecified atom stereocenters. The summed E-state index contributed by atoms with van der Waals surface area (Å²) in [4.78, 5) is 25.3. The number of nitrogens with one attached hydrogen (secondary N) is 1. The first-order chi connectivity index (χ1) is 10.4. The van der Waals surface area contributed by atoms with Gasteiger partial charge in [-0.15, -0.1) is 0 Å². The highest BCUT2D eigenvalue weighted by Crippen LogP contribution is 2.34. The van der Waals surface area contributed by atoms with Crippen molar-refractivity contribution in [3.63, 3.8) is 0 Å². The first-order valence-electron chi connectivity index (χ1n) is 7.47. The molecule has 2 aliphatic heterocycles. The number of hydrogen-bond donors (Lipinski definition) is 2. The molecular weight excluding hydrogens is 289 g/mol. The molecule has 1 aromatic carbocycles. The number of halogens is 1. The van der Waals surface area contributed by atoms with E-state index in [1.54, 1.807) is 0 Å². The van der Waals surface area contributed by atoms with Gasteiger partial charge in [0.1, 0.15) is 5.82 Å².